The van der Waals surface area contributed by atoms with Crippen LogP contribution in [0.4, 0.5) is 5.69 Å². The Hall–Kier alpha value is -2.01. The Morgan fingerprint density at radius 1 is 1.07 bits per heavy atom. The van der Waals surface area contributed by atoms with Crippen molar-refractivity contribution in [3.63, 3.8) is 0 Å². The topological polar surface area (TPSA) is 35.6 Å². The van der Waals surface area contributed by atoms with Gasteiger partial charge in [0.1, 0.15) is 0 Å². The van der Waals surface area contributed by atoms with E-state index < -0.39 is 0 Å². The number of aryl methyl sites for hydroxylation is 1. The predicted molar refractivity (Wildman–Crippen MR) is 118 cm³/mol. The molecule has 1 amide bonds. The fraction of sp³-hybridized carbons (Fsp3) is 0.318. The molecule has 1 fully saturated rings. The Morgan fingerprint density at radius 2 is 1.75 bits per heavy atom. The fourth-order valence-corrected chi connectivity index (χ4v) is 3.66. The van der Waals surface area contributed by atoms with Crippen LogP contribution in [0.5, 0.6) is 0 Å². The molecule has 1 aliphatic heterocycles. The Kier molecular flexibility index (Phi) is 7.00. The molecule has 4 nitrogen and oxygen atoms in total. The van der Waals surface area contributed by atoms with Crippen molar-refractivity contribution < 1.29 is 4.79 Å². The molecule has 0 unspecified atom stereocenters. The first-order valence-electron chi connectivity index (χ1n) is 9.36. The molecule has 0 bridgehead atoms. The summed E-state index contributed by atoms with van der Waals surface area (Å²) in [4.78, 5) is 16.9. The summed E-state index contributed by atoms with van der Waals surface area (Å²) in [5.41, 5.74) is 4.19. The van der Waals surface area contributed by atoms with Gasteiger partial charge in [0.15, 0.2) is 0 Å². The van der Waals surface area contributed by atoms with Gasteiger partial charge < -0.3 is 15.1 Å². The van der Waals surface area contributed by atoms with Crippen molar-refractivity contribution in [2.45, 2.75) is 13.5 Å². The third kappa shape index (κ3) is 5.51. The van der Waals surface area contributed by atoms with Crippen LogP contribution >= 0.6 is 23.2 Å². The highest BCUT2D eigenvalue weighted by Crippen LogP contribution is 2.30. The summed E-state index contributed by atoms with van der Waals surface area (Å²) in [5.74, 6) is -0.131. The minimum absolute atomic E-state index is 0.131. The SMILES string of the molecule is Cc1cc(Cl)cc(N2CCN(C)CC2)c1C=CC(=O)NCc1ccc(Cl)cc1. The highest BCUT2D eigenvalue weighted by atomic mass is 35.5. The molecule has 1 saturated heterocycles. The zero-order valence-electron chi connectivity index (χ0n) is 16.2. The number of halogens is 2. The second kappa shape index (κ2) is 9.46. The van der Waals surface area contributed by atoms with Crippen molar-refractivity contribution in [3.8, 4) is 0 Å². The highest BCUT2D eigenvalue weighted by Gasteiger charge is 2.18. The standard InChI is InChI=1S/C22H25Cl2N3O/c1-16-13-19(24)14-21(27-11-9-26(2)10-12-27)20(16)7-8-22(28)25-15-17-3-5-18(23)6-4-17/h3-8,13-14H,9-12,15H2,1-2H3,(H,25,28). The lowest BCUT2D eigenvalue weighted by atomic mass is 10.0. The van der Waals surface area contributed by atoms with Crippen LogP contribution in [0, 0.1) is 6.92 Å². The van der Waals surface area contributed by atoms with E-state index in [1.54, 1.807) is 6.08 Å². The third-order valence-corrected chi connectivity index (χ3v) is 5.43. The number of nitrogens with zero attached hydrogens (tertiary/aromatic N) is 2. The van der Waals surface area contributed by atoms with E-state index in [9.17, 15) is 4.79 Å². The maximum atomic E-state index is 12.3. The number of nitrogens with one attached hydrogen (secondary N) is 1. The lowest BCUT2D eigenvalue weighted by molar-refractivity contribution is -0.116. The quantitative estimate of drug-likeness (QED) is 0.732. The molecule has 0 spiro atoms. The Bertz CT molecular complexity index is 857. The van der Waals surface area contributed by atoms with Crippen molar-refractivity contribution in [2.24, 2.45) is 0 Å². The van der Waals surface area contributed by atoms with E-state index in [0.717, 1.165) is 53.6 Å². The van der Waals surface area contributed by atoms with Crippen molar-refractivity contribution >= 4 is 40.9 Å². The van der Waals surface area contributed by atoms with Gasteiger partial charge in [0.25, 0.3) is 0 Å². The largest absolute Gasteiger partial charge is 0.368 e. The summed E-state index contributed by atoms with van der Waals surface area (Å²) in [6.07, 6.45) is 3.47. The van der Waals surface area contributed by atoms with E-state index in [1.165, 1.54) is 0 Å². The first-order chi connectivity index (χ1) is 13.4. The van der Waals surface area contributed by atoms with Crippen molar-refractivity contribution in [2.75, 3.05) is 38.1 Å². The number of amides is 1. The number of hydrogen-bond acceptors (Lipinski definition) is 3. The average Bonchev–Trinajstić information content (AvgIpc) is 2.67. The second-order valence-corrected chi connectivity index (χ2v) is 8.00. The van der Waals surface area contributed by atoms with Crippen LogP contribution in [0.2, 0.25) is 10.0 Å². The van der Waals surface area contributed by atoms with Crippen LogP contribution in [0.15, 0.2) is 42.5 Å². The number of benzene rings is 2. The number of anilines is 1. The molecular formula is C22H25Cl2N3O. The highest BCUT2D eigenvalue weighted by molar-refractivity contribution is 6.31. The number of rotatable bonds is 5. The van der Waals surface area contributed by atoms with Gasteiger partial charge in [0.05, 0.1) is 0 Å². The second-order valence-electron chi connectivity index (χ2n) is 7.12. The number of hydrogen-bond donors (Lipinski definition) is 1. The lowest BCUT2D eigenvalue weighted by Gasteiger charge is -2.35. The van der Waals surface area contributed by atoms with Crippen LogP contribution in [-0.4, -0.2) is 44.0 Å². The number of carbonyl (C=O) groups is 1. The van der Waals surface area contributed by atoms with Gasteiger partial charge in [0.2, 0.25) is 5.91 Å². The molecule has 28 heavy (non-hydrogen) atoms. The summed E-state index contributed by atoms with van der Waals surface area (Å²) in [5, 5.41) is 4.31. The molecule has 2 aromatic rings. The molecule has 0 saturated carbocycles. The van der Waals surface area contributed by atoms with Gasteiger partial charge in [-0.05, 0) is 55.4 Å². The molecule has 0 aromatic heterocycles. The summed E-state index contributed by atoms with van der Waals surface area (Å²) in [6, 6.07) is 11.4. The number of carbonyl (C=O) groups excluding carboxylic acids is 1. The van der Waals surface area contributed by atoms with E-state index in [1.807, 2.05) is 49.4 Å². The molecule has 3 rings (SSSR count). The Labute approximate surface area is 176 Å². The number of likely N-dealkylation sites (N-methyl/N-ethyl adjacent to an activating group) is 1. The smallest absolute Gasteiger partial charge is 0.244 e. The zero-order valence-corrected chi connectivity index (χ0v) is 17.7. The normalized spacial score (nSPS) is 15.2. The van der Waals surface area contributed by atoms with E-state index in [-0.39, 0.29) is 5.91 Å². The first kappa shape index (κ1) is 20.7. The van der Waals surface area contributed by atoms with Crippen LogP contribution < -0.4 is 10.2 Å². The van der Waals surface area contributed by atoms with Crippen LogP contribution in [0.3, 0.4) is 0 Å². The molecule has 6 heteroatoms. The van der Waals surface area contributed by atoms with E-state index >= 15 is 0 Å². The van der Waals surface area contributed by atoms with E-state index in [4.69, 9.17) is 23.2 Å². The number of piperazine rings is 1. The van der Waals surface area contributed by atoms with Crippen LogP contribution in [0.25, 0.3) is 6.08 Å². The van der Waals surface area contributed by atoms with Crippen molar-refractivity contribution in [1.82, 2.24) is 10.2 Å². The maximum Gasteiger partial charge on any atom is 0.244 e. The molecule has 1 N–H and O–H groups in total. The molecule has 0 radical (unpaired) electrons. The van der Waals surface area contributed by atoms with Gasteiger partial charge in [-0.3, -0.25) is 4.79 Å². The van der Waals surface area contributed by atoms with Gasteiger partial charge in [-0.2, -0.15) is 0 Å². The maximum absolute atomic E-state index is 12.3. The van der Waals surface area contributed by atoms with Crippen LogP contribution in [0.1, 0.15) is 16.7 Å². The Balaban J connectivity index is 1.71. The monoisotopic (exact) mass is 417 g/mol. The van der Waals surface area contributed by atoms with E-state index in [0.29, 0.717) is 11.6 Å². The molecule has 0 atom stereocenters. The van der Waals surface area contributed by atoms with Crippen molar-refractivity contribution in [1.29, 1.82) is 0 Å². The average molecular weight is 418 g/mol. The molecule has 148 valence electrons. The zero-order chi connectivity index (χ0) is 20.1. The summed E-state index contributed by atoms with van der Waals surface area (Å²) in [7, 11) is 2.13. The molecule has 2 aromatic carbocycles. The van der Waals surface area contributed by atoms with Gasteiger partial charge in [0, 0.05) is 60.1 Å². The summed E-state index contributed by atoms with van der Waals surface area (Å²) < 4.78 is 0. The minimum atomic E-state index is -0.131. The molecule has 1 heterocycles. The van der Waals surface area contributed by atoms with Crippen LogP contribution in [-0.2, 0) is 11.3 Å². The first-order valence-corrected chi connectivity index (χ1v) is 10.1. The summed E-state index contributed by atoms with van der Waals surface area (Å²) >= 11 is 12.2. The third-order valence-electron chi connectivity index (χ3n) is 4.96. The van der Waals surface area contributed by atoms with Gasteiger partial charge in [-0.15, -0.1) is 0 Å². The van der Waals surface area contributed by atoms with E-state index in [2.05, 4.69) is 22.2 Å². The molecular weight excluding hydrogens is 393 g/mol. The lowest BCUT2D eigenvalue weighted by Crippen LogP contribution is -2.44. The van der Waals surface area contributed by atoms with Gasteiger partial charge in [-0.1, -0.05) is 35.3 Å². The fourth-order valence-electron chi connectivity index (χ4n) is 3.27. The Morgan fingerprint density at radius 3 is 2.43 bits per heavy atom. The minimum Gasteiger partial charge on any atom is -0.368 e. The van der Waals surface area contributed by atoms with Crippen molar-refractivity contribution in [3.05, 3.63) is 69.2 Å². The molecule has 1 aliphatic rings. The van der Waals surface area contributed by atoms with Gasteiger partial charge in [-0.25, -0.2) is 0 Å². The molecule has 0 aliphatic carbocycles. The summed E-state index contributed by atoms with van der Waals surface area (Å²) in [6.45, 7) is 6.40. The predicted octanol–water partition coefficient (Wildman–Crippen LogP) is 4.38. The van der Waals surface area contributed by atoms with Gasteiger partial charge >= 0.3 is 0 Å².